The summed E-state index contributed by atoms with van der Waals surface area (Å²) in [7, 11) is 0. The lowest BCUT2D eigenvalue weighted by atomic mass is 9.88. The number of aromatic nitrogens is 4. The summed E-state index contributed by atoms with van der Waals surface area (Å²) in [6.07, 6.45) is 6.94. The fraction of sp³-hybridized carbons (Fsp3) is 0.233. The van der Waals surface area contributed by atoms with Gasteiger partial charge in [-0.05, 0) is 61.9 Å². The van der Waals surface area contributed by atoms with Crippen molar-refractivity contribution in [3.8, 4) is 22.4 Å². The summed E-state index contributed by atoms with van der Waals surface area (Å²) in [5, 5.41) is 4.28. The fourth-order valence-corrected chi connectivity index (χ4v) is 6.60. The highest BCUT2D eigenvalue weighted by Gasteiger charge is 2.47. The molecule has 1 spiro atoms. The highest BCUT2D eigenvalue weighted by molar-refractivity contribution is 6.31. The topological polar surface area (TPSA) is 95.6 Å². The van der Waals surface area contributed by atoms with Crippen molar-refractivity contribution in [2.75, 3.05) is 0 Å². The molecule has 194 valence electrons. The van der Waals surface area contributed by atoms with E-state index in [2.05, 4.69) is 26.3 Å². The van der Waals surface area contributed by atoms with Crippen molar-refractivity contribution in [2.24, 2.45) is 0 Å². The molecule has 0 radical (unpaired) electrons. The van der Waals surface area contributed by atoms with Gasteiger partial charge in [0.05, 0.1) is 28.5 Å². The largest absolute Gasteiger partial charge is 0.361 e. The first kappa shape index (κ1) is 22.8. The van der Waals surface area contributed by atoms with Crippen LogP contribution in [0.3, 0.4) is 0 Å². The zero-order valence-electron chi connectivity index (χ0n) is 20.8. The molecule has 2 aliphatic heterocycles. The number of hydrogen-bond acceptors (Lipinski definition) is 3. The molecule has 39 heavy (non-hydrogen) atoms. The quantitative estimate of drug-likeness (QED) is 0.275. The zero-order chi connectivity index (χ0) is 26.5. The number of nitrogens with zero attached hydrogens (tertiary/aromatic N) is 2. The second-order valence-electron chi connectivity index (χ2n) is 10.9. The van der Waals surface area contributed by atoms with Gasteiger partial charge in [-0.1, -0.05) is 23.7 Å². The van der Waals surface area contributed by atoms with Crippen molar-refractivity contribution >= 4 is 28.4 Å². The van der Waals surface area contributed by atoms with Crippen LogP contribution in [0.25, 0.3) is 33.3 Å². The summed E-state index contributed by atoms with van der Waals surface area (Å²) >= 11 is 6.20. The number of halogens is 2. The highest BCUT2D eigenvalue weighted by Crippen LogP contribution is 2.46. The van der Waals surface area contributed by atoms with E-state index in [0.29, 0.717) is 41.9 Å². The van der Waals surface area contributed by atoms with E-state index in [1.54, 1.807) is 16.8 Å². The maximum Gasteiger partial charge on any atom is 0.254 e. The van der Waals surface area contributed by atoms with E-state index in [9.17, 15) is 9.59 Å². The number of amides is 1. The third-order valence-corrected chi connectivity index (χ3v) is 8.83. The summed E-state index contributed by atoms with van der Waals surface area (Å²) < 4.78 is 17.2. The van der Waals surface area contributed by atoms with Crippen LogP contribution in [0.15, 0.2) is 59.7 Å². The minimum atomic E-state index is -0.588. The maximum absolute atomic E-state index is 15.6. The molecule has 1 saturated carbocycles. The Balaban J connectivity index is 1.27. The molecule has 9 heteroatoms. The molecule has 5 heterocycles. The Morgan fingerprint density at radius 3 is 2.79 bits per heavy atom. The molecule has 0 bridgehead atoms. The van der Waals surface area contributed by atoms with Gasteiger partial charge in [0.2, 0.25) is 0 Å². The number of pyridine rings is 1. The SMILES string of the molecule is O=C1NC2(CC2)Cc2ccc(Cl)c(F)c2-c2cc(=O)n3c(c21)CC[C@@H]3c1ncc(-c2ccc3[nH]ccc3c2)[nH]1. The van der Waals surface area contributed by atoms with Crippen molar-refractivity contribution in [2.45, 2.75) is 43.7 Å². The molecule has 3 N–H and O–H groups in total. The van der Waals surface area contributed by atoms with E-state index < -0.39 is 5.82 Å². The lowest BCUT2D eigenvalue weighted by molar-refractivity contribution is 0.0929. The van der Waals surface area contributed by atoms with Crippen LogP contribution in [0.1, 0.15) is 52.7 Å². The average Bonchev–Trinajstić information content (AvgIpc) is 3.31. The van der Waals surface area contributed by atoms with Crippen LogP contribution in [-0.4, -0.2) is 31.0 Å². The number of nitrogens with one attached hydrogen (secondary N) is 3. The molecule has 0 unspecified atom stereocenters. The molecule has 2 aromatic carbocycles. The number of benzene rings is 2. The third kappa shape index (κ3) is 3.37. The monoisotopic (exact) mass is 539 g/mol. The second kappa shape index (κ2) is 7.93. The Hall–Kier alpha value is -4.17. The standard InChI is InChI=1S/C30H23ClFN5O2/c31-19-3-1-17-13-30(8-9-30)36-29(39)26-18(25(17)27(19)32)12-24(38)37-22(26)5-6-23(37)28-34-14-21(35-28)15-2-4-20-16(11-15)7-10-33-20/h1-4,7,10-12,14,23,33H,5-6,8-9,13H2,(H,34,35)(H,36,39)/t23-/m1/s1. The third-order valence-electron chi connectivity index (χ3n) is 8.53. The summed E-state index contributed by atoms with van der Waals surface area (Å²) in [6.45, 7) is 0. The highest BCUT2D eigenvalue weighted by atomic mass is 35.5. The summed E-state index contributed by atoms with van der Waals surface area (Å²) in [6, 6.07) is 12.5. The predicted molar refractivity (Wildman–Crippen MR) is 147 cm³/mol. The van der Waals surface area contributed by atoms with E-state index in [4.69, 9.17) is 11.6 Å². The number of carbonyl (C=O) groups is 1. The van der Waals surface area contributed by atoms with E-state index in [1.165, 1.54) is 6.07 Å². The van der Waals surface area contributed by atoms with Gasteiger partial charge < -0.3 is 19.9 Å². The van der Waals surface area contributed by atoms with Gasteiger partial charge in [0.15, 0.2) is 0 Å². The number of hydrogen-bond donors (Lipinski definition) is 3. The van der Waals surface area contributed by atoms with E-state index in [1.807, 2.05) is 30.5 Å². The van der Waals surface area contributed by atoms with Gasteiger partial charge in [0.1, 0.15) is 11.6 Å². The molecule has 7 nitrogen and oxygen atoms in total. The molecular weight excluding hydrogens is 517 g/mol. The lowest BCUT2D eigenvalue weighted by Gasteiger charge is -2.27. The first-order valence-electron chi connectivity index (χ1n) is 13.1. The smallest absolute Gasteiger partial charge is 0.254 e. The van der Waals surface area contributed by atoms with Gasteiger partial charge in [-0.25, -0.2) is 9.37 Å². The Morgan fingerprint density at radius 2 is 1.95 bits per heavy atom. The number of rotatable bonds is 2. The van der Waals surface area contributed by atoms with Gasteiger partial charge >= 0.3 is 0 Å². The van der Waals surface area contributed by atoms with Crippen molar-refractivity contribution in [3.63, 3.8) is 0 Å². The number of fused-ring (bicyclic) bond motifs is 6. The van der Waals surface area contributed by atoms with Crippen molar-refractivity contribution in [1.82, 2.24) is 24.8 Å². The van der Waals surface area contributed by atoms with Crippen LogP contribution in [0.2, 0.25) is 5.02 Å². The summed E-state index contributed by atoms with van der Waals surface area (Å²) in [5.41, 5.74) is 4.51. The van der Waals surface area contributed by atoms with Crippen LogP contribution in [0.4, 0.5) is 4.39 Å². The molecule has 3 aromatic heterocycles. The summed E-state index contributed by atoms with van der Waals surface area (Å²) in [4.78, 5) is 38.6. The molecule has 8 rings (SSSR count). The Labute approximate surface area is 227 Å². The molecule has 0 saturated heterocycles. The molecular formula is C30H23ClFN5O2. The lowest BCUT2D eigenvalue weighted by Crippen LogP contribution is -2.41. The van der Waals surface area contributed by atoms with Crippen LogP contribution in [0, 0.1) is 5.82 Å². The number of H-pyrrole nitrogens is 2. The molecule has 1 amide bonds. The normalized spacial score (nSPS) is 18.8. The van der Waals surface area contributed by atoms with Gasteiger partial charge in [0, 0.05) is 51.1 Å². The zero-order valence-corrected chi connectivity index (χ0v) is 21.5. The van der Waals surface area contributed by atoms with Crippen LogP contribution in [0.5, 0.6) is 0 Å². The van der Waals surface area contributed by atoms with Gasteiger partial charge in [0.25, 0.3) is 11.5 Å². The molecule has 1 atom stereocenters. The minimum absolute atomic E-state index is 0.0232. The van der Waals surface area contributed by atoms with Gasteiger partial charge in [-0.2, -0.15) is 0 Å². The Kier molecular flexibility index (Phi) is 4.63. The molecule has 5 aromatic rings. The van der Waals surface area contributed by atoms with Gasteiger partial charge in [-0.3, -0.25) is 9.59 Å². The molecule has 1 fully saturated rings. The van der Waals surface area contributed by atoms with E-state index >= 15 is 4.39 Å². The van der Waals surface area contributed by atoms with Gasteiger partial charge in [-0.15, -0.1) is 0 Å². The fourth-order valence-electron chi connectivity index (χ4n) is 6.44. The number of aromatic amines is 2. The van der Waals surface area contributed by atoms with Crippen molar-refractivity contribution in [1.29, 1.82) is 0 Å². The number of imidazole rings is 1. The van der Waals surface area contributed by atoms with E-state index in [0.717, 1.165) is 40.6 Å². The van der Waals surface area contributed by atoms with Crippen molar-refractivity contribution < 1.29 is 9.18 Å². The Bertz CT molecular complexity index is 1910. The predicted octanol–water partition coefficient (Wildman–Crippen LogP) is 5.53. The number of carbonyl (C=O) groups excluding carboxylic acids is 1. The van der Waals surface area contributed by atoms with Crippen molar-refractivity contribution in [3.05, 3.63) is 98.7 Å². The maximum atomic E-state index is 15.6. The molecule has 3 aliphatic rings. The Morgan fingerprint density at radius 1 is 1.08 bits per heavy atom. The minimum Gasteiger partial charge on any atom is -0.361 e. The summed E-state index contributed by atoms with van der Waals surface area (Å²) in [5.74, 6) is -0.203. The van der Waals surface area contributed by atoms with Crippen LogP contribution < -0.4 is 10.9 Å². The second-order valence-corrected chi connectivity index (χ2v) is 11.3. The average molecular weight is 540 g/mol. The van der Waals surface area contributed by atoms with Crippen LogP contribution >= 0.6 is 11.6 Å². The molecule has 1 aliphatic carbocycles. The van der Waals surface area contributed by atoms with Crippen LogP contribution in [-0.2, 0) is 12.8 Å². The van der Waals surface area contributed by atoms with E-state index in [-0.39, 0.29) is 33.6 Å². The first-order chi connectivity index (χ1) is 18.9. The first-order valence-corrected chi connectivity index (χ1v) is 13.5.